The van der Waals surface area contributed by atoms with Crippen LogP contribution in [0.3, 0.4) is 0 Å². The zero-order valence-electron chi connectivity index (χ0n) is 11.4. The predicted molar refractivity (Wildman–Crippen MR) is 74.1 cm³/mol. The van der Waals surface area contributed by atoms with Crippen LogP contribution in [0.1, 0.15) is 17.3 Å². The Morgan fingerprint density at radius 3 is 3.21 bits per heavy atom. The highest BCUT2D eigenvalue weighted by Gasteiger charge is 2.17. The van der Waals surface area contributed by atoms with E-state index >= 15 is 0 Å². The van der Waals surface area contributed by atoms with Gasteiger partial charge in [-0.05, 0) is 25.1 Å². The number of ether oxygens (including phenoxy) is 2. The highest BCUT2D eigenvalue weighted by molar-refractivity contribution is 6.01. The minimum Gasteiger partial charge on any atom is -0.490 e. The molecule has 5 heteroatoms. The van der Waals surface area contributed by atoms with E-state index in [4.69, 9.17) is 9.47 Å². The summed E-state index contributed by atoms with van der Waals surface area (Å²) in [4.78, 5) is 12.3. The average molecular weight is 264 g/mol. The number of ketones is 1. The van der Waals surface area contributed by atoms with Crippen LogP contribution in [-0.4, -0.2) is 45.2 Å². The summed E-state index contributed by atoms with van der Waals surface area (Å²) >= 11 is 0. The molecule has 19 heavy (non-hydrogen) atoms. The average Bonchev–Trinajstić information content (AvgIpc) is 2.46. The van der Waals surface area contributed by atoms with Crippen molar-refractivity contribution in [1.29, 1.82) is 0 Å². The lowest BCUT2D eigenvalue weighted by molar-refractivity contribution is 0.0945. The molecule has 5 nitrogen and oxygen atoms in total. The summed E-state index contributed by atoms with van der Waals surface area (Å²) in [5.74, 6) is 0.883. The van der Waals surface area contributed by atoms with Crippen molar-refractivity contribution in [3.63, 3.8) is 0 Å². The molecule has 0 fully saturated rings. The van der Waals surface area contributed by atoms with Gasteiger partial charge in [-0.25, -0.2) is 0 Å². The van der Waals surface area contributed by atoms with E-state index in [1.807, 2.05) is 25.1 Å². The first-order valence-corrected chi connectivity index (χ1v) is 6.49. The molecule has 0 saturated heterocycles. The van der Waals surface area contributed by atoms with E-state index in [2.05, 4.69) is 10.6 Å². The minimum atomic E-state index is -0.224. The Balaban J connectivity index is 2.02. The zero-order chi connectivity index (χ0) is 13.7. The number of hydrogen-bond acceptors (Lipinski definition) is 5. The molecule has 1 heterocycles. The molecule has 0 aromatic heterocycles. The second-order valence-corrected chi connectivity index (χ2v) is 4.52. The number of Topliss-reactive ketones (excluding diaryl/α,β-unsaturated/α-hetero) is 1. The standard InChI is InChI=1S/C14H20N2O3/c1-10(15-5-7-18-2)14(17)11-3-4-13-12(9-11)16-6-8-19-13/h3-4,9-10,15-16H,5-8H2,1-2H3. The van der Waals surface area contributed by atoms with Crippen molar-refractivity contribution in [1.82, 2.24) is 5.32 Å². The van der Waals surface area contributed by atoms with Crippen LogP contribution in [0.15, 0.2) is 18.2 Å². The second kappa shape index (κ2) is 6.54. The van der Waals surface area contributed by atoms with E-state index in [1.165, 1.54) is 0 Å². The van der Waals surface area contributed by atoms with Gasteiger partial charge < -0.3 is 20.1 Å². The van der Waals surface area contributed by atoms with Crippen molar-refractivity contribution in [3.05, 3.63) is 23.8 Å². The lowest BCUT2D eigenvalue weighted by atomic mass is 10.0. The molecule has 2 N–H and O–H groups in total. The second-order valence-electron chi connectivity index (χ2n) is 4.52. The van der Waals surface area contributed by atoms with Crippen LogP contribution in [-0.2, 0) is 4.74 Å². The van der Waals surface area contributed by atoms with Gasteiger partial charge in [-0.15, -0.1) is 0 Å². The first kappa shape index (κ1) is 13.8. The smallest absolute Gasteiger partial charge is 0.179 e. The Bertz CT molecular complexity index is 448. The third kappa shape index (κ3) is 3.45. The van der Waals surface area contributed by atoms with Crippen LogP contribution < -0.4 is 15.4 Å². The maximum atomic E-state index is 12.3. The number of anilines is 1. The summed E-state index contributed by atoms with van der Waals surface area (Å²) in [6.45, 7) is 4.55. The lowest BCUT2D eigenvalue weighted by Crippen LogP contribution is -2.36. The van der Waals surface area contributed by atoms with Gasteiger partial charge in [-0.1, -0.05) is 0 Å². The summed E-state index contributed by atoms with van der Waals surface area (Å²) in [5.41, 5.74) is 1.58. The Labute approximate surface area is 113 Å². The van der Waals surface area contributed by atoms with Crippen LogP contribution in [0.25, 0.3) is 0 Å². The minimum absolute atomic E-state index is 0.0753. The van der Waals surface area contributed by atoms with Crippen molar-refractivity contribution < 1.29 is 14.3 Å². The third-order valence-corrected chi connectivity index (χ3v) is 3.09. The van der Waals surface area contributed by atoms with E-state index in [0.717, 1.165) is 18.0 Å². The maximum absolute atomic E-state index is 12.3. The molecule has 0 aliphatic carbocycles. The summed E-state index contributed by atoms with van der Waals surface area (Å²) in [6, 6.07) is 5.28. The number of nitrogens with one attached hydrogen (secondary N) is 2. The Morgan fingerprint density at radius 2 is 2.42 bits per heavy atom. The fraction of sp³-hybridized carbons (Fsp3) is 0.500. The molecular weight excluding hydrogens is 244 g/mol. The molecule has 0 spiro atoms. The summed E-state index contributed by atoms with van der Waals surface area (Å²) in [7, 11) is 1.64. The number of hydrogen-bond donors (Lipinski definition) is 2. The quantitative estimate of drug-likeness (QED) is 0.599. The first-order valence-electron chi connectivity index (χ1n) is 6.49. The molecule has 1 aliphatic heterocycles. The van der Waals surface area contributed by atoms with Crippen LogP contribution in [0.2, 0.25) is 0 Å². The summed E-state index contributed by atoms with van der Waals surface area (Å²) in [5, 5.41) is 6.37. The van der Waals surface area contributed by atoms with Gasteiger partial charge in [0.25, 0.3) is 0 Å². The summed E-state index contributed by atoms with van der Waals surface area (Å²) in [6.07, 6.45) is 0. The molecule has 1 aromatic carbocycles. The van der Waals surface area contributed by atoms with Crippen LogP contribution >= 0.6 is 0 Å². The molecule has 1 aliphatic rings. The van der Waals surface area contributed by atoms with Gasteiger partial charge in [0.15, 0.2) is 5.78 Å². The highest BCUT2D eigenvalue weighted by atomic mass is 16.5. The molecule has 1 unspecified atom stereocenters. The number of fused-ring (bicyclic) bond motifs is 1. The predicted octanol–water partition coefficient (Wildman–Crippen LogP) is 1.30. The molecule has 104 valence electrons. The normalized spacial score (nSPS) is 15.1. The molecule has 0 saturated carbocycles. The number of methoxy groups -OCH3 is 1. The van der Waals surface area contributed by atoms with Gasteiger partial charge >= 0.3 is 0 Å². The third-order valence-electron chi connectivity index (χ3n) is 3.09. The van der Waals surface area contributed by atoms with Crippen molar-refractivity contribution >= 4 is 11.5 Å². The van der Waals surface area contributed by atoms with Gasteiger partial charge in [-0.3, -0.25) is 4.79 Å². The van der Waals surface area contributed by atoms with Gasteiger partial charge in [-0.2, -0.15) is 0 Å². The fourth-order valence-corrected chi connectivity index (χ4v) is 2.01. The topological polar surface area (TPSA) is 59.6 Å². The zero-order valence-corrected chi connectivity index (χ0v) is 11.4. The maximum Gasteiger partial charge on any atom is 0.179 e. The summed E-state index contributed by atoms with van der Waals surface area (Å²) < 4.78 is 10.4. The number of benzene rings is 1. The molecule has 0 radical (unpaired) electrons. The number of carbonyl (C=O) groups excluding carboxylic acids is 1. The molecule has 0 amide bonds. The molecule has 1 atom stereocenters. The van der Waals surface area contributed by atoms with Gasteiger partial charge in [0.1, 0.15) is 12.4 Å². The first-order chi connectivity index (χ1) is 9.22. The molecule has 2 rings (SSSR count). The van der Waals surface area contributed by atoms with E-state index in [-0.39, 0.29) is 11.8 Å². The molecule has 1 aromatic rings. The highest BCUT2D eigenvalue weighted by Crippen LogP contribution is 2.28. The van der Waals surface area contributed by atoms with E-state index in [0.29, 0.717) is 25.3 Å². The van der Waals surface area contributed by atoms with Crippen molar-refractivity contribution in [2.45, 2.75) is 13.0 Å². The Morgan fingerprint density at radius 1 is 1.58 bits per heavy atom. The monoisotopic (exact) mass is 264 g/mol. The van der Waals surface area contributed by atoms with Gasteiger partial charge in [0, 0.05) is 25.8 Å². The number of rotatable bonds is 6. The van der Waals surface area contributed by atoms with Crippen molar-refractivity contribution in [3.8, 4) is 5.75 Å². The largest absolute Gasteiger partial charge is 0.490 e. The Hall–Kier alpha value is -1.59. The van der Waals surface area contributed by atoms with Gasteiger partial charge in [0.05, 0.1) is 18.3 Å². The van der Waals surface area contributed by atoms with Crippen molar-refractivity contribution in [2.75, 3.05) is 38.7 Å². The van der Waals surface area contributed by atoms with Crippen molar-refractivity contribution in [2.24, 2.45) is 0 Å². The van der Waals surface area contributed by atoms with E-state index in [9.17, 15) is 4.79 Å². The Kier molecular flexibility index (Phi) is 4.76. The SMILES string of the molecule is COCCNC(C)C(=O)c1ccc2c(c1)NCCO2. The lowest BCUT2D eigenvalue weighted by Gasteiger charge is -2.20. The molecular formula is C14H20N2O3. The van der Waals surface area contributed by atoms with E-state index < -0.39 is 0 Å². The van der Waals surface area contributed by atoms with Gasteiger partial charge in [0.2, 0.25) is 0 Å². The molecule has 0 bridgehead atoms. The van der Waals surface area contributed by atoms with Crippen LogP contribution in [0, 0.1) is 0 Å². The van der Waals surface area contributed by atoms with E-state index in [1.54, 1.807) is 7.11 Å². The van der Waals surface area contributed by atoms with Crippen LogP contribution in [0.5, 0.6) is 5.75 Å². The van der Waals surface area contributed by atoms with Crippen LogP contribution in [0.4, 0.5) is 5.69 Å². The fourth-order valence-electron chi connectivity index (χ4n) is 2.01. The number of carbonyl (C=O) groups is 1.